The Bertz CT molecular complexity index is 436. The molecular weight excluding hydrogens is 262 g/mol. The van der Waals surface area contributed by atoms with Gasteiger partial charge in [-0.05, 0) is 11.8 Å². The molecule has 0 radical (unpaired) electrons. The van der Waals surface area contributed by atoms with Crippen LogP contribution in [0.15, 0.2) is 30.3 Å². The van der Waals surface area contributed by atoms with Gasteiger partial charge in [0.15, 0.2) is 0 Å². The average Bonchev–Trinajstić information content (AvgIpc) is 2.40. The van der Waals surface area contributed by atoms with Gasteiger partial charge in [-0.3, -0.25) is 9.59 Å². The lowest BCUT2D eigenvalue weighted by Gasteiger charge is -2.24. The largest absolute Gasteiger partial charge is 0.481 e. The fourth-order valence-corrected chi connectivity index (χ4v) is 2.60. The minimum absolute atomic E-state index is 0.0631. The Hall–Kier alpha value is -1.49. The number of aliphatic carboxylic acids is 1. The van der Waals surface area contributed by atoms with Gasteiger partial charge in [0.05, 0.1) is 5.92 Å². The highest BCUT2D eigenvalue weighted by atomic mass is 32.2. The van der Waals surface area contributed by atoms with Gasteiger partial charge in [0.2, 0.25) is 5.91 Å². The zero-order valence-electron chi connectivity index (χ0n) is 11.4. The molecular formula is C14H19NO3S. The molecule has 0 bridgehead atoms. The molecule has 1 amide bonds. The van der Waals surface area contributed by atoms with E-state index in [2.05, 4.69) is 0 Å². The molecule has 1 aromatic carbocycles. The molecule has 0 aliphatic carbocycles. The van der Waals surface area contributed by atoms with Crippen LogP contribution >= 0.6 is 11.8 Å². The fourth-order valence-electron chi connectivity index (χ4n) is 1.79. The van der Waals surface area contributed by atoms with Crippen LogP contribution in [0, 0.1) is 5.92 Å². The zero-order valence-corrected chi connectivity index (χ0v) is 12.2. The monoisotopic (exact) mass is 281 g/mol. The first kappa shape index (κ1) is 15.6. The van der Waals surface area contributed by atoms with Crippen molar-refractivity contribution in [3.8, 4) is 0 Å². The molecule has 1 rings (SSSR count). The molecule has 0 aliphatic rings. The van der Waals surface area contributed by atoms with Gasteiger partial charge in [0, 0.05) is 13.6 Å². The Morgan fingerprint density at radius 1 is 1.32 bits per heavy atom. The average molecular weight is 281 g/mol. The van der Waals surface area contributed by atoms with Crippen molar-refractivity contribution in [3.05, 3.63) is 35.9 Å². The summed E-state index contributed by atoms with van der Waals surface area (Å²) >= 11 is 1.46. The number of hydrogen-bond acceptors (Lipinski definition) is 3. The fraction of sp³-hybridized carbons (Fsp3) is 0.429. The Balaban J connectivity index is 2.77. The predicted molar refractivity (Wildman–Crippen MR) is 77.1 cm³/mol. The highest BCUT2D eigenvalue weighted by Crippen LogP contribution is 2.28. The van der Waals surface area contributed by atoms with Crippen molar-refractivity contribution in [2.45, 2.75) is 12.2 Å². The van der Waals surface area contributed by atoms with Crippen LogP contribution in [0.4, 0.5) is 0 Å². The minimum atomic E-state index is -0.889. The SMILES string of the molecule is CSC(C(=O)N(C)CC(C)C(=O)O)c1ccccc1. The first-order valence-corrected chi connectivity index (χ1v) is 7.31. The van der Waals surface area contributed by atoms with Gasteiger partial charge in [0.1, 0.15) is 5.25 Å². The Kier molecular flexibility index (Phi) is 5.89. The van der Waals surface area contributed by atoms with Gasteiger partial charge in [-0.1, -0.05) is 37.3 Å². The van der Waals surface area contributed by atoms with E-state index in [4.69, 9.17) is 5.11 Å². The van der Waals surface area contributed by atoms with Gasteiger partial charge in [-0.25, -0.2) is 0 Å². The number of thioether (sulfide) groups is 1. The number of carboxylic acids is 1. The number of amides is 1. The van der Waals surface area contributed by atoms with Gasteiger partial charge < -0.3 is 10.0 Å². The van der Waals surface area contributed by atoms with Crippen molar-refractivity contribution < 1.29 is 14.7 Å². The van der Waals surface area contributed by atoms with Crippen molar-refractivity contribution in [2.75, 3.05) is 19.8 Å². The lowest BCUT2D eigenvalue weighted by molar-refractivity contribution is -0.142. The number of nitrogens with zero attached hydrogens (tertiary/aromatic N) is 1. The van der Waals surface area contributed by atoms with Crippen molar-refractivity contribution in [2.24, 2.45) is 5.92 Å². The standard InChI is InChI=1S/C14H19NO3S/c1-10(14(17)18)9-15(2)13(16)12(19-3)11-7-5-4-6-8-11/h4-8,10,12H,9H2,1-3H3,(H,17,18). The minimum Gasteiger partial charge on any atom is -0.481 e. The summed E-state index contributed by atoms with van der Waals surface area (Å²) in [6.45, 7) is 1.82. The summed E-state index contributed by atoms with van der Waals surface area (Å²) in [6.07, 6.45) is 1.88. The Morgan fingerprint density at radius 3 is 2.37 bits per heavy atom. The van der Waals surface area contributed by atoms with E-state index in [9.17, 15) is 9.59 Å². The molecule has 2 atom stereocenters. The first-order chi connectivity index (χ1) is 8.97. The van der Waals surface area contributed by atoms with Crippen molar-refractivity contribution in [3.63, 3.8) is 0 Å². The number of likely N-dealkylation sites (N-methyl/N-ethyl adjacent to an activating group) is 1. The quantitative estimate of drug-likeness (QED) is 0.869. The zero-order chi connectivity index (χ0) is 14.4. The lowest BCUT2D eigenvalue weighted by Crippen LogP contribution is -2.36. The van der Waals surface area contributed by atoms with Crippen molar-refractivity contribution >= 4 is 23.6 Å². The normalized spacial score (nSPS) is 13.6. The van der Waals surface area contributed by atoms with E-state index < -0.39 is 11.9 Å². The van der Waals surface area contributed by atoms with Crippen LogP contribution in [0.1, 0.15) is 17.7 Å². The second-order valence-electron chi connectivity index (χ2n) is 4.48. The Labute approximate surface area is 117 Å². The number of benzene rings is 1. The topological polar surface area (TPSA) is 57.6 Å². The van der Waals surface area contributed by atoms with Crippen molar-refractivity contribution in [1.29, 1.82) is 0 Å². The van der Waals surface area contributed by atoms with E-state index in [0.717, 1.165) is 5.56 Å². The number of rotatable bonds is 6. The number of hydrogen-bond donors (Lipinski definition) is 1. The number of carbonyl (C=O) groups excluding carboxylic acids is 1. The summed E-state index contributed by atoms with van der Waals surface area (Å²) in [5.74, 6) is -1.51. The van der Waals surface area contributed by atoms with Crippen LogP contribution in [0.2, 0.25) is 0 Å². The van der Waals surface area contributed by atoms with E-state index in [1.807, 2.05) is 36.6 Å². The summed E-state index contributed by atoms with van der Waals surface area (Å²) in [5, 5.41) is 8.60. The van der Waals surface area contributed by atoms with Gasteiger partial charge >= 0.3 is 5.97 Å². The van der Waals surface area contributed by atoms with Crippen LogP contribution in [-0.2, 0) is 9.59 Å². The summed E-state index contributed by atoms with van der Waals surface area (Å²) < 4.78 is 0. The predicted octanol–water partition coefficient (Wildman–Crippen LogP) is 2.27. The second-order valence-corrected chi connectivity index (χ2v) is 5.43. The second kappa shape index (κ2) is 7.19. The van der Waals surface area contributed by atoms with Crippen molar-refractivity contribution in [1.82, 2.24) is 4.90 Å². The molecule has 104 valence electrons. The smallest absolute Gasteiger partial charge is 0.308 e. The molecule has 1 aromatic rings. The van der Waals surface area contributed by atoms with Crippen LogP contribution < -0.4 is 0 Å². The van der Waals surface area contributed by atoms with Crippen LogP contribution in [0.5, 0.6) is 0 Å². The molecule has 5 heteroatoms. The molecule has 0 saturated carbocycles. The van der Waals surface area contributed by atoms with E-state index in [0.29, 0.717) is 0 Å². The maximum Gasteiger partial charge on any atom is 0.308 e. The molecule has 0 aromatic heterocycles. The maximum atomic E-state index is 12.3. The van der Waals surface area contributed by atoms with E-state index in [1.54, 1.807) is 14.0 Å². The van der Waals surface area contributed by atoms with Gasteiger partial charge in [-0.2, -0.15) is 0 Å². The highest BCUT2D eigenvalue weighted by molar-refractivity contribution is 7.99. The molecule has 0 heterocycles. The number of carboxylic acid groups (broad SMARTS) is 1. The molecule has 4 nitrogen and oxygen atoms in total. The third kappa shape index (κ3) is 4.28. The maximum absolute atomic E-state index is 12.3. The molecule has 0 spiro atoms. The molecule has 0 saturated heterocycles. The number of carbonyl (C=O) groups is 2. The molecule has 0 aliphatic heterocycles. The molecule has 2 unspecified atom stereocenters. The van der Waals surface area contributed by atoms with E-state index in [-0.39, 0.29) is 17.7 Å². The first-order valence-electron chi connectivity index (χ1n) is 6.03. The summed E-state index contributed by atoms with van der Waals surface area (Å²) in [7, 11) is 1.65. The molecule has 0 fully saturated rings. The summed E-state index contributed by atoms with van der Waals surface area (Å²) in [4.78, 5) is 24.7. The molecule has 1 N–H and O–H groups in total. The van der Waals surface area contributed by atoms with Crippen LogP contribution in [0.3, 0.4) is 0 Å². The van der Waals surface area contributed by atoms with Gasteiger partial charge in [0.25, 0.3) is 0 Å². The third-order valence-electron chi connectivity index (χ3n) is 2.91. The Morgan fingerprint density at radius 2 is 1.89 bits per heavy atom. The van der Waals surface area contributed by atoms with Gasteiger partial charge in [-0.15, -0.1) is 11.8 Å². The highest BCUT2D eigenvalue weighted by Gasteiger charge is 2.25. The van der Waals surface area contributed by atoms with E-state index in [1.165, 1.54) is 16.7 Å². The lowest BCUT2D eigenvalue weighted by atomic mass is 10.1. The summed E-state index contributed by atoms with van der Waals surface area (Å²) in [6, 6.07) is 9.51. The summed E-state index contributed by atoms with van der Waals surface area (Å²) in [5.41, 5.74) is 0.940. The third-order valence-corrected chi connectivity index (χ3v) is 3.85. The molecule has 19 heavy (non-hydrogen) atoms. The van der Waals surface area contributed by atoms with E-state index >= 15 is 0 Å². The van der Waals surface area contributed by atoms with Crippen LogP contribution in [-0.4, -0.2) is 41.7 Å². The van der Waals surface area contributed by atoms with Crippen LogP contribution in [0.25, 0.3) is 0 Å².